The molecule has 0 aliphatic heterocycles. The van der Waals surface area contributed by atoms with Crippen LogP contribution in [0.5, 0.6) is 0 Å². The van der Waals surface area contributed by atoms with Crippen molar-refractivity contribution in [3.8, 4) is 0 Å². The molecule has 0 aromatic carbocycles. The van der Waals surface area contributed by atoms with Gasteiger partial charge < -0.3 is 9.66 Å². The Kier molecular flexibility index (Phi) is 24.0. The van der Waals surface area contributed by atoms with Crippen LogP contribution in [0.1, 0.15) is 122 Å². The van der Waals surface area contributed by atoms with Crippen LogP contribution < -0.4 is 29.6 Å². The zero-order valence-electron chi connectivity index (χ0n) is 18.1. The molecular formula is C21H43NaO4S. The summed E-state index contributed by atoms with van der Waals surface area (Å²) in [6.07, 6.45) is 20.2. The smallest absolute Gasteiger partial charge is 0.748 e. The van der Waals surface area contributed by atoms with Crippen molar-refractivity contribution in [2.24, 2.45) is 0 Å². The average molecular weight is 415 g/mol. The Bertz CT molecular complexity index is 388. The zero-order chi connectivity index (χ0) is 19.5. The Morgan fingerprint density at radius 3 is 1.33 bits per heavy atom. The molecule has 1 N–H and O–H groups in total. The van der Waals surface area contributed by atoms with E-state index in [-0.39, 0.29) is 36.2 Å². The van der Waals surface area contributed by atoms with Crippen molar-refractivity contribution in [2.45, 2.75) is 128 Å². The predicted octanol–water partition coefficient (Wildman–Crippen LogP) is 2.94. The van der Waals surface area contributed by atoms with Gasteiger partial charge in [0.2, 0.25) is 0 Å². The van der Waals surface area contributed by atoms with E-state index >= 15 is 0 Å². The van der Waals surface area contributed by atoms with Crippen molar-refractivity contribution in [3.63, 3.8) is 0 Å². The van der Waals surface area contributed by atoms with Crippen molar-refractivity contribution in [2.75, 3.05) is 6.61 Å². The Hall–Kier alpha value is 0.870. The van der Waals surface area contributed by atoms with Gasteiger partial charge in [-0.15, -0.1) is 0 Å². The molecule has 1 unspecified atom stereocenters. The summed E-state index contributed by atoms with van der Waals surface area (Å²) >= 11 is 0. The molecule has 0 bridgehead atoms. The van der Waals surface area contributed by atoms with Crippen molar-refractivity contribution in [3.05, 3.63) is 0 Å². The Labute approximate surface area is 191 Å². The minimum absolute atomic E-state index is 0. The third-order valence-corrected chi connectivity index (χ3v) is 6.51. The van der Waals surface area contributed by atoms with Gasteiger partial charge in [-0.1, -0.05) is 103 Å². The van der Waals surface area contributed by atoms with E-state index in [1.54, 1.807) is 0 Å². The maximum absolute atomic E-state index is 11.2. The third kappa shape index (κ3) is 21.4. The number of unbranched alkanes of at least 4 members (excludes halogenated alkanes) is 14. The maximum Gasteiger partial charge on any atom is 1.00 e. The summed E-state index contributed by atoms with van der Waals surface area (Å²) in [4.78, 5) is 0. The van der Waals surface area contributed by atoms with E-state index in [2.05, 4.69) is 6.92 Å². The molecular weight excluding hydrogens is 371 g/mol. The Balaban J connectivity index is 0. The van der Waals surface area contributed by atoms with Gasteiger partial charge in [0.05, 0.1) is 10.1 Å². The molecule has 0 heterocycles. The summed E-state index contributed by atoms with van der Waals surface area (Å²) in [7, 11) is -4.22. The monoisotopic (exact) mass is 414 g/mol. The summed E-state index contributed by atoms with van der Waals surface area (Å²) in [5.41, 5.74) is 0. The number of aliphatic hydroxyl groups excluding tert-OH is 1. The number of hydrogen-bond acceptors (Lipinski definition) is 4. The van der Waals surface area contributed by atoms with Crippen LogP contribution in [0.4, 0.5) is 0 Å². The van der Waals surface area contributed by atoms with Gasteiger partial charge in [-0.05, 0) is 19.3 Å². The van der Waals surface area contributed by atoms with E-state index in [1.807, 2.05) is 0 Å². The van der Waals surface area contributed by atoms with Gasteiger partial charge in [0.15, 0.2) is 0 Å². The van der Waals surface area contributed by atoms with Gasteiger partial charge in [-0.3, -0.25) is 0 Å². The van der Waals surface area contributed by atoms with E-state index in [1.165, 1.54) is 77.0 Å². The van der Waals surface area contributed by atoms with Gasteiger partial charge in [-0.25, -0.2) is 8.42 Å². The Morgan fingerprint density at radius 1 is 0.667 bits per heavy atom. The first-order valence-corrected chi connectivity index (χ1v) is 12.5. The first kappa shape index (κ1) is 30.1. The number of hydrogen-bond donors (Lipinski definition) is 1. The van der Waals surface area contributed by atoms with Crippen LogP contribution in [0.15, 0.2) is 0 Å². The standard InChI is InChI=1S/C21H44O4S.Na/c1-2-3-4-5-6-7-8-9-10-11-12-13-14-15-16-18-21(19-17-20-22)26(23,24)25;/h21-22H,2-20H2,1H3,(H,23,24,25);/q;+1/p-1. The maximum atomic E-state index is 11.2. The topological polar surface area (TPSA) is 77.4 Å². The summed E-state index contributed by atoms with van der Waals surface area (Å²) in [6.45, 7) is 2.21. The minimum atomic E-state index is -4.22. The van der Waals surface area contributed by atoms with Crippen molar-refractivity contribution in [1.29, 1.82) is 0 Å². The van der Waals surface area contributed by atoms with Crippen LogP contribution in [0, 0.1) is 0 Å². The van der Waals surface area contributed by atoms with E-state index in [9.17, 15) is 13.0 Å². The van der Waals surface area contributed by atoms with Crippen molar-refractivity contribution >= 4 is 10.1 Å². The molecule has 0 amide bonds. The van der Waals surface area contributed by atoms with Crippen LogP contribution in [-0.2, 0) is 10.1 Å². The molecule has 0 aromatic rings. The molecule has 0 aromatic heterocycles. The second-order valence-corrected chi connectivity index (χ2v) is 9.37. The third-order valence-electron chi connectivity index (χ3n) is 5.22. The Morgan fingerprint density at radius 2 is 1.00 bits per heavy atom. The van der Waals surface area contributed by atoms with Crippen LogP contribution in [0.3, 0.4) is 0 Å². The van der Waals surface area contributed by atoms with Crippen LogP contribution in [-0.4, -0.2) is 29.9 Å². The molecule has 0 spiro atoms. The van der Waals surface area contributed by atoms with Gasteiger partial charge in [0, 0.05) is 11.9 Å². The van der Waals surface area contributed by atoms with E-state index in [4.69, 9.17) is 5.11 Å². The van der Waals surface area contributed by atoms with Gasteiger partial charge in [-0.2, -0.15) is 0 Å². The number of rotatable bonds is 20. The SMILES string of the molecule is CCCCCCCCCCCCCCCCCC(CCCO)S(=O)(=O)[O-].[Na+]. The van der Waals surface area contributed by atoms with Gasteiger partial charge in [0.25, 0.3) is 0 Å². The molecule has 27 heavy (non-hydrogen) atoms. The molecule has 0 fully saturated rings. The summed E-state index contributed by atoms with van der Waals surface area (Å²) in [5, 5.41) is 7.98. The van der Waals surface area contributed by atoms with Crippen LogP contribution in [0.2, 0.25) is 0 Å². The molecule has 0 aliphatic rings. The predicted molar refractivity (Wildman–Crippen MR) is 109 cm³/mol. The summed E-state index contributed by atoms with van der Waals surface area (Å²) in [5.74, 6) is 0. The van der Waals surface area contributed by atoms with E-state index in [0.717, 1.165) is 19.3 Å². The van der Waals surface area contributed by atoms with Crippen molar-refractivity contribution in [1.82, 2.24) is 0 Å². The second-order valence-electron chi connectivity index (χ2n) is 7.72. The molecule has 0 aliphatic carbocycles. The fraction of sp³-hybridized carbons (Fsp3) is 1.00. The molecule has 158 valence electrons. The largest absolute Gasteiger partial charge is 1.00 e. The minimum Gasteiger partial charge on any atom is -0.748 e. The molecule has 6 heteroatoms. The molecule has 4 nitrogen and oxygen atoms in total. The first-order valence-electron chi connectivity index (χ1n) is 11.1. The van der Waals surface area contributed by atoms with Gasteiger partial charge >= 0.3 is 29.6 Å². The molecule has 0 saturated heterocycles. The molecule has 0 saturated carbocycles. The fourth-order valence-corrected chi connectivity index (χ4v) is 4.41. The molecule has 0 radical (unpaired) electrons. The first-order chi connectivity index (χ1) is 12.5. The average Bonchev–Trinajstić information content (AvgIpc) is 2.59. The number of aliphatic hydroxyl groups is 1. The van der Waals surface area contributed by atoms with E-state index < -0.39 is 15.4 Å². The quantitative estimate of drug-likeness (QED) is 0.189. The van der Waals surface area contributed by atoms with Crippen molar-refractivity contribution < 1.29 is 47.6 Å². The summed E-state index contributed by atoms with van der Waals surface area (Å²) in [6, 6.07) is 0. The zero-order valence-corrected chi connectivity index (χ0v) is 20.9. The van der Waals surface area contributed by atoms with Crippen LogP contribution >= 0.6 is 0 Å². The van der Waals surface area contributed by atoms with Crippen LogP contribution in [0.25, 0.3) is 0 Å². The molecule has 0 rings (SSSR count). The van der Waals surface area contributed by atoms with Gasteiger partial charge in [0.1, 0.15) is 0 Å². The normalized spacial score (nSPS) is 12.7. The molecule has 1 atom stereocenters. The summed E-state index contributed by atoms with van der Waals surface area (Å²) < 4.78 is 33.5. The second kappa shape index (κ2) is 21.6. The fourth-order valence-electron chi connectivity index (χ4n) is 3.50. The van der Waals surface area contributed by atoms with E-state index in [0.29, 0.717) is 19.3 Å².